The molecule has 1 aromatic heterocycles. The van der Waals surface area contributed by atoms with Gasteiger partial charge in [0.25, 0.3) is 5.89 Å². The fourth-order valence-corrected chi connectivity index (χ4v) is 4.38. The summed E-state index contributed by atoms with van der Waals surface area (Å²) in [5.74, 6) is 0.858. The van der Waals surface area contributed by atoms with E-state index < -0.39 is 10.0 Å². The first-order valence-corrected chi connectivity index (χ1v) is 10.1. The Kier molecular flexibility index (Phi) is 4.77. The molecular weight excluding hydrogens is 366 g/mol. The third-order valence-electron chi connectivity index (χ3n) is 4.52. The van der Waals surface area contributed by atoms with Gasteiger partial charge in [0, 0.05) is 24.2 Å². The Morgan fingerprint density at radius 2 is 1.70 bits per heavy atom. The summed E-state index contributed by atoms with van der Waals surface area (Å²) >= 11 is 0. The number of aryl methyl sites for hydroxylation is 1. The number of benzene rings is 2. The summed E-state index contributed by atoms with van der Waals surface area (Å²) in [6, 6.07) is 14.3. The van der Waals surface area contributed by atoms with E-state index in [0.29, 0.717) is 43.6 Å². The van der Waals surface area contributed by atoms with Crippen molar-refractivity contribution >= 4 is 10.0 Å². The van der Waals surface area contributed by atoms with Gasteiger partial charge < -0.3 is 9.26 Å². The van der Waals surface area contributed by atoms with Gasteiger partial charge in [-0.15, -0.1) is 0 Å². The van der Waals surface area contributed by atoms with Crippen molar-refractivity contribution in [3.8, 4) is 22.8 Å². The van der Waals surface area contributed by atoms with Crippen LogP contribution in [0.5, 0.6) is 0 Å². The number of sulfonamides is 1. The van der Waals surface area contributed by atoms with Gasteiger partial charge in [0.1, 0.15) is 0 Å². The summed E-state index contributed by atoms with van der Waals surface area (Å²) in [4.78, 5) is 4.69. The number of aromatic nitrogens is 2. The van der Waals surface area contributed by atoms with E-state index in [-0.39, 0.29) is 4.90 Å². The average Bonchev–Trinajstić information content (AvgIpc) is 3.19. The van der Waals surface area contributed by atoms with Crippen LogP contribution in [0.2, 0.25) is 0 Å². The zero-order valence-electron chi connectivity index (χ0n) is 14.8. The molecule has 2 heterocycles. The highest BCUT2D eigenvalue weighted by Crippen LogP contribution is 2.26. The Morgan fingerprint density at radius 3 is 2.41 bits per heavy atom. The summed E-state index contributed by atoms with van der Waals surface area (Å²) in [6.07, 6.45) is 0. The molecule has 0 atom stereocenters. The molecule has 1 saturated heterocycles. The van der Waals surface area contributed by atoms with Crippen molar-refractivity contribution in [3.63, 3.8) is 0 Å². The molecule has 0 N–H and O–H groups in total. The van der Waals surface area contributed by atoms with Gasteiger partial charge in [-0.25, -0.2) is 8.42 Å². The summed E-state index contributed by atoms with van der Waals surface area (Å²) in [7, 11) is -3.52. The Bertz CT molecular complexity index is 1040. The number of rotatable bonds is 4. The second-order valence-electron chi connectivity index (χ2n) is 6.28. The minimum atomic E-state index is -3.52. The van der Waals surface area contributed by atoms with Crippen LogP contribution in [-0.4, -0.2) is 49.2 Å². The van der Waals surface area contributed by atoms with Gasteiger partial charge in [-0.3, -0.25) is 0 Å². The number of morpholine rings is 1. The summed E-state index contributed by atoms with van der Waals surface area (Å²) in [5.41, 5.74) is 2.61. The van der Waals surface area contributed by atoms with E-state index in [1.807, 2.05) is 31.2 Å². The average molecular weight is 385 g/mol. The highest BCUT2D eigenvalue weighted by molar-refractivity contribution is 7.89. The van der Waals surface area contributed by atoms with Crippen LogP contribution in [0.25, 0.3) is 22.8 Å². The lowest BCUT2D eigenvalue weighted by Gasteiger charge is -2.26. The minimum Gasteiger partial charge on any atom is -0.379 e. The van der Waals surface area contributed by atoms with Crippen LogP contribution >= 0.6 is 0 Å². The highest BCUT2D eigenvalue weighted by Gasteiger charge is 2.26. The number of hydrogen-bond donors (Lipinski definition) is 0. The van der Waals surface area contributed by atoms with E-state index >= 15 is 0 Å². The first-order chi connectivity index (χ1) is 13.1. The molecule has 1 aliphatic rings. The molecule has 8 heteroatoms. The van der Waals surface area contributed by atoms with Crippen LogP contribution in [0, 0.1) is 6.92 Å². The summed E-state index contributed by atoms with van der Waals surface area (Å²) < 4.78 is 37.4. The topological polar surface area (TPSA) is 85.5 Å². The van der Waals surface area contributed by atoms with Crippen LogP contribution in [0.15, 0.2) is 57.9 Å². The molecule has 140 valence electrons. The largest absolute Gasteiger partial charge is 0.379 e. The molecule has 27 heavy (non-hydrogen) atoms. The van der Waals surface area contributed by atoms with Crippen molar-refractivity contribution in [2.75, 3.05) is 26.3 Å². The second kappa shape index (κ2) is 7.22. The van der Waals surface area contributed by atoms with Gasteiger partial charge in [-0.2, -0.15) is 9.29 Å². The molecule has 0 amide bonds. The highest BCUT2D eigenvalue weighted by atomic mass is 32.2. The fraction of sp³-hybridized carbons (Fsp3) is 0.263. The van der Waals surface area contributed by atoms with Crippen molar-refractivity contribution in [2.24, 2.45) is 0 Å². The van der Waals surface area contributed by atoms with Crippen molar-refractivity contribution in [2.45, 2.75) is 11.8 Å². The molecule has 0 aliphatic carbocycles. The van der Waals surface area contributed by atoms with E-state index in [2.05, 4.69) is 10.1 Å². The molecule has 1 fully saturated rings. The zero-order chi connectivity index (χ0) is 18.9. The third-order valence-corrected chi connectivity index (χ3v) is 6.43. The van der Waals surface area contributed by atoms with E-state index in [0.717, 1.165) is 11.1 Å². The van der Waals surface area contributed by atoms with E-state index in [4.69, 9.17) is 9.26 Å². The Morgan fingerprint density at radius 1 is 1.00 bits per heavy atom. The number of ether oxygens (including phenoxy) is 1. The second-order valence-corrected chi connectivity index (χ2v) is 8.22. The number of hydrogen-bond acceptors (Lipinski definition) is 6. The normalized spacial score (nSPS) is 15.7. The molecule has 4 rings (SSSR count). The maximum atomic E-state index is 12.7. The maximum absolute atomic E-state index is 12.7. The Labute approximate surface area is 157 Å². The minimum absolute atomic E-state index is 0.246. The van der Waals surface area contributed by atoms with Crippen molar-refractivity contribution in [1.82, 2.24) is 14.4 Å². The smallest absolute Gasteiger partial charge is 0.258 e. The lowest BCUT2D eigenvalue weighted by molar-refractivity contribution is 0.0730. The van der Waals surface area contributed by atoms with Gasteiger partial charge in [-0.1, -0.05) is 23.4 Å². The molecule has 0 bridgehead atoms. The zero-order valence-corrected chi connectivity index (χ0v) is 15.6. The third kappa shape index (κ3) is 3.51. The molecule has 0 unspecified atom stereocenters. The van der Waals surface area contributed by atoms with Gasteiger partial charge in [0.2, 0.25) is 15.8 Å². The molecule has 0 radical (unpaired) electrons. The first-order valence-electron chi connectivity index (χ1n) is 8.64. The molecule has 2 aromatic carbocycles. The molecule has 7 nitrogen and oxygen atoms in total. The predicted molar refractivity (Wildman–Crippen MR) is 99.5 cm³/mol. The molecule has 3 aromatic rings. The van der Waals surface area contributed by atoms with Gasteiger partial charge in [0.15, 0.2) is 0 Å². The van der Waals surface area contributed by atoms with Crippen molar-refractivity contribution in [3.05, 3.63) is 54.1 Å². The molecule has 0 spiro atoms. The van der Waals surface area contributed by atoms with E-state index in [9.17, 15) is 8.42 Å². The van der Waals surface area contributed by atoms with Gasteiger partial charge in [0.05, 0.1) is 18.1 Å². The lowest BCUT2D eigenvalue weighted by atomic mass is 10.1. The maximum Gasteiger partial charge on any atom is 0.258 e. The van der Waals surface area contributed by atoms with E-state index in [1.165, 1.54) is 4.31 Å². The van der Waals surface area contributed by atoms with Crippen LogP contribution < -0.4 is 0 Å². The van der Waals surface area contributed by atoms with Crippen LogP contribution in [0.4, 0.5) is 0 Å². The summed E-state index contributed by atoms with van der Waals surface area (Å²) in [6.45, 7) is 3.55. The van der Waals surface area contributed by atoms with Crippen LogP contribution in [-0.2, 0) is 14.8 Å². The lowest BCUT2D eigenvalue weighted by Crippen LogP contribution is -2.40. The summed E-state index contributed by atoms with van der Waals surface area (Å²) in [5, 5.41) is 4.02. The Balaban J connectivity index is 1.59. The van der Waals surface area contributed by atoms with Crippen LogP contribution in [0.1, 0.15) is 5.56 Å². The fourth-order valence-electron chi connectivity index (χ4n) is 2.97. The SMILES string of the molecule is Cc1ccccc1-c1nc(-c2ccc(S(=O)(=O)N3CCOCC3)cc2)no1. The van der Waals surface area contributed by atoms with Crippen molar-refractivity contribution < 1.29 is 17.7 Å². The van der Waals surface area contributed by atoms with E-state index in [1.54, 1.807) is 24.3 Å². The monoisotopic (exact) mass is 385 g/mol. The predicted octanol–water partition coefficient (Wildman–Crippen LogP) is 2.73. The Hall–Kier alpha value is -2.55. The molecule has 0 saturated carbocycles. The first kappa shape index (κ1) is 17.8. The molecular formula is C19H19N3O4S. The molecule has 1 aliphatic heterocycles. The number of nitrogens with zero attached hydrogens (tertiary/aromatic N) is 3. The standard InChI is InChI=1S/C19H19N3O4S/c1-14-4-2-3-5-17(14)19-20-18(21-26-19)15-6-8-16(9-7-15)27(23,24)22-10-12-25-13-11-22/h2-9H,10-13H2,1H3. The quantitative estimate of drug-likeness (QED) is 0.686. The van der Waals surface area contributed by atoms with Crippen LogP contribution in [0.3, 0.4) is 0 Å². The van der Waals surface area contributed by atoms with Gasteiger partial charge in [-0.05, 0) is 42.8 Å². The van der Waals surface area contributed by atoms with Crippen molar-refractivity contribution in [1.29, 1.82) is 0 Å². The van der Waals surface area contributed by atoms with Gasteiger partial charge >= 0.3 is 0 Å².